The van der Waals surface area contributed by atoms with Crippen LogP contribution in [-0.4, -0.2) is 11.2 Å². The summed E-state index contributed by atoms with van der Waals surface area (Å²) in [6.45, 7) is 0. The highest BCUT2D eigenvalue weighted by atomic mass is 16.5. The van der Waals surface area contributed by atoms with Gasteiger partial charge in [0, 0.05) is 17.4 Å². The van der Waals surface area contributed by atoms with Gasteiger partial charge in [-0.1, -0.05) is 42.7 Å². The average Bonchev–Trinajstić information content (AvgIpc) is 2.55. The maximum atomic E-state index is 10.2. The summed E-state index contributed by atoms with van der Waals surface area (Å²) in [5.74, 6) is 1.51. The van der Waals surface area contributed by atoms with Crippen molar-refractivity contribution < 1.29 is 9.84 Å². The molecule has 2 nitrogen and oxygen atoms in total. The van der Waals surface area contributed by atoms with Crippen LogP contribution in [0.15, 0.2) is 35.9 Å². The van der Waals surface area contributed by atoms with E-state index in [1.807, 2.05) is 18.2 Å². The number of aromatic hydroxyl groups is 1. The zero-order valence-electron chi connectivity index (χ0n) is 12.5. The second kappa shape index (κ2) is 5.49. The van der Waals surface area contributed by atoms with Crippen LogP contribution in [0.3, 0.4) is 0 Å². The maximum absolute atomic E-state index is 10.2. The first-order valence-electron chi connectivity index (χ1n) is 8.48. The summed E-state index contributed by atoms with van der Waals surface area (Å²) >= 11 is 0. The standard InChI is InChI=1S/C19H24O2/c20-17-11-5-3-10-16(17)19-15-9-2-1-7-13(15)14-8-4-6-12-18(14)21-19/h3,5,7,10-11,14-15,18-20H,1-2,4,6,8-9,12H2/t14-,15-,18+,19+/m0/s1. The van der Waals surface area contributed by atoms with E-state index < -0.39 is 0 Å². The minimum absolute atomic E-state index is 0.0529. The Kier molecular flexibility index (Phi) is 3.50. The van der Waals surface area contributed by atoms with Crippen molar-refractivity contribution in [2.45, 2.75) is 57.2 Å². The summed E-state index contributed by atoms with van der Waals surface area (Å²) in [5.41, 5.74) is 2.63. The molecule has 1 N–H and O–H groups in total. The number of fused-ring (bicyclic) bond motifs is 3. The van der Waals surface area contributed by atoms with Crippen LogP contribution in [0.4, 0.5) is 0 Å². The van der Waals surface area contributed by atoms with Crippen LogP contribution >= 0.6 is 0 Å². The third kappa shape index (κ3) is 2.30. The summed E-state index contributed by atoms with van der Waals surface area (Å²) in [6.07, 6.45) is 11.7. The van der Waals surface area contributed by atoms with Gasteiger partial charge >= 0.3 is 0 Å². The molecule has 4 rings (SSSR count). The van der Waals surface area contributed by atoms with Gasteiger partial charge < -0.3 is 9.84 Å². The lowest BCUT2D eigenvalue weighted by Gasteiger charge is -2.47. The molecule has 0 bridgehead atoms. The predicted octanol–water partition coefficient (Wildman–Crippen LogP) is 4.75. The molecule has 4 atom stereocenters. The molecule has 2 fully saturated rings. The highest BCUT2D eigenvalue weighted by molar-refractivity contribution is 5.37. The quantitative estimate of drug-likeness (QED) is 0.754. The van der Waals surface area contributed by atoms with Crippen LogP contribution in [0.5, 0.6) is 5.75 Å². The van der Waals surface area contributed by atoms with Gasteiger partial charge in [0.2, 0.25) is 0 Å². The van der Waals surface area contributed by atoms with E-state index in [4.69, 9.17) is 4.74 Å². The van der Waals surface area contributed by atoms with Crippen LogP contribution in [0.1, 0.15) is 56.6 Å². The lowest BCUT2D eigenvalue weighted by atomic mass is 9.68. The topological polar surface area (TPSA) is 29.5 Å². The van der Waals surface area contributed by atoms with Gasteiger partial charge in [-0.15, -0.1) is 0 Å². The molecular weight excluding hydrogens is 260 g/mol. The minimum Gasteiger partial charge on any atom is -0.508 e. The zero-order valence-corrected chi connectivity index (χ0v) is 12.5. The van der Waals surface area contributed by atoms with E-state index in [2.05, 4.69) is 6.08 Å². The molecule has 2 aliphatic carbocycles. The number of allylic oxidation sites excluding steroid dienone is 1. The molecule has 21 heavy (non-hydrogen) atoms. The van der Waals surface area contributed by atoms with E-state index in [-0.39, 0.29) is 6.10 Å². The van der Waals surface area contributed by atoms with Crippen molar-refractivity contribution in [3.63, 3.8) is 0 Å². The zero-order chi connectivity index (χ0) is 14.2. The van der Waals surface area contributed by atoms with Crippen molar-refractivity contribution in [1.82, 2.24) is 0 Å². The molecule has 1 saturated heterocycles. The molecule has 1 heterocycles. The van der Waals surface area contributed by atoms with E-state index in [1.165, 1.54) is 44.9 Å². The Balaban J connectivity index is 1.72. The molecule has 1 aliphatic heterocycles. The number of phenolic OH excluding ortho intramolecular Hbond substituents is 1. The number of hydrogen-bond acceptors (Lipinski definition) is 2. The van der Waals surface area contributed by atoms with E-state index in [0.717, 1.165) is 5.56 Å². The first-order chi connectivity index (χ1) is 10.3. The van der Waals surface area contributed by atoms with Gasteiger partial charge in [-0.3, -0.25) is 0 Å². The van der Waals surface area contributed by atoms with Gasteiger partial charge in [-0.05, 0) is 38.2 Å². The molecule has 1 saturated carbocycles. The summed E-state index contributed by atoms with van der Waals surface area (Å²) in [6, 6.07) is 7.73. The van der Waals surface area contributed by atoms with Crippen molar-refractivity contribution >= 4 is 0 Å². The largest absolute Gasteiger partial charge is 0.508 e. The minimum atomic E-state index is 0.0529. The summed E-state index contributed by atoms with van der Waals surface area (Å²) < 4.78 is 6.53. The Bertz CT molecular complexity index is 548. The summed E-state index contributed by atoms with van der Waals surface area (Å²) in [4.78, 5) is 0. The van der Waals surface area contributed by atoms with Crippen LogP contribution < -0.4 is 0 Å². The SMILES string of the molecule is Oc1ccccc1[C@@H]1O[C@@H]2CCCC[C@H]2C2=CCCC[C@@H]21. The second-order valence-electron chi connectivity index (χ2n) is 6.79. The van der Waals surface area contributed by atoms with Crippen LogP contribution in [0, 0.1) is 11.8 Å². The van der Waals surface area contributed by atoms with Gasteiger partial charge in [-0.25, -0.2) is 0 Å². The smallest absolute Gasteiger partial charge is 0.121 e. The van der Waals surface area contributed by atoms with Crippen LogP contribution in [0.25, 0.3) is 0 Å². The lowest BCUT2D eigenvalue weighted by Crippen LogP contribution is -2.41. The van der Waals surface area contributed by atoms with E-state index in [0.29, 0.717) is 23.7 Å². The van der Waals surface area contributed by atoms with Crippen molar-refractivity contribution in [2.75, 3.05) is 0 Å². The number of hydrogen-bond donors (Lipinski definition) is 1. The Hall–Kier alpha value is -1.28. The molecule has 3 aliphatic rings. The van der Waals surface area contributed by atoms with Gasteiger partial charge in [0.1, 0.15) is 5.75 Å². The highest BCUT2D eigenvalue weighted by Crippen LogP contribution is 2.52. The Morgan fingerprint density at radius 3 is 2.67 bits per heavy atom. The molecule has 0 spiro atoms. The summed E-state index contributed by atoms with van der Waals surface area (Å²) in [5, 5.41) is 10.2. The third-order valence-electron chi connectivity index (χ3n) is 5.59. The number of ether oxygens (including phenoxy) is 1. The first-order valence-corrected chi connectivity index (χ1v) is 8.48. The fourth-order valence-corrected chi connectivity index (χ4v) is 4.62. The number of rotatable bonds is 1. The Labute approximate surface area is 126 Å². The Morgan fingerprint density at radius 2 is 1.76 bits per heavy atom. The molecule has 0 aromatic heterocycles. The lowest BCUT2D eigenvalue weighted by molar-refractivity contribution is -0.107. The maximum Gasteiger partial charge on any atom is 0.121 e. The molecule has 0 radical (unpaired) electrons. The monoisotopic (exact) mass is 284 g/mol. The normalized spacial score (nSPS) is 35.5. The van der Waals surface area contributed by atoms with Crippen molar-refractivity contribution in [3.05, 3.63) is 41.5 Å². The first kappa shape index (κ1) is 13.4. The van der Waals surface area contributed by atoms with E-state index >= 15 is 0 Å². The van der Waals surface area contributed by atoms with Gasteiger partial charge in [-0.2, -0.15) is 0 Å². The fourth-order valence-electron chi connectivity index (χ4n) is 4.62. The molecule has 112 valence electrons. The van der Waals surface area contributed by atoms with E-state index in [1.54, 1.807) is 11.6 Å². The van der Waals surface area contributed by atoms with Crippen LogP contribution in [0.2, 0.25) is 0 Å². The average molecular weight is 284 g/mol. The van der Waals surface area contributed by atoms with Crippen molar-refractivity contribution in [2.24, 2.45) is 11.8 Å². The second-order valence-corrected chi connectivity index (χ2v) is 6.79. The molecule has 0 unspecified atom stereocenters. The van der Waals surface area contributed by atoms with Gasteiger partial charge in [0.25, 0.3) is 0 Å². The molecule has 2 heteroatoms. The van der Waals surface area contributed by atoms with Crippen LogP contribution in [-0.2, 0) is 4.74 Å². The number of benzene rings is 1. The predicted molar refractivity (Wildman–Crippen MR) is 83.1 cm³/mol. The highest BCUT2D eigenvalue weighted by Gasteiger charge is 2.44. The molecule has 0 amide bonds. The van der Waals surface area contributed by atoms with E-state index in [9.17, 15) is 5.11 Å². The molecular formula is C19H24O2. The third-order valence-corrected chi connectivity index (χ3v) is 5.59. The van der Waals surface area contributed by atoms with Crippen molar-refractivity contribution in [1.29, 1.82) is 0 Å². The Morgan fingerprint density at radius 1 is 0.952 bits per heavy atom. The molecule has 1 aromatic rings. The molecule has 1 aromatic carbocycles. The summed E-state index contributed by atoms with van der Waals surface area (Å²) in [7, 11) is 0. The van der Waals surface area contributed by atoms with Crippen molar-refractivity contribution in [3.8, 4) is 5.75 Å². The number of phenols is 1. The fraction of sp³-hybridized carbons (Fsp3) is 0.579. The van der Waals surface area contributed by atoms with Gasteiger partial charge in [0.15, 0.2) is 0 Å². The van der Waals surface area contributed by atoms with Gasteiger partial charge in [0.05, 0.1) is 12.2 Å². The number of para-hydroxylation sites is 1.